The van der Waals surface area contributed by atoms with Crippen LogP contribution in [-0.2, 0) is 4.74 Å². The van der Waals surface area contributed by atoms with E-state index in [0.717, 1.165) is 5.75 Å². The number of nitrogens with zero attached hydrogens (tertiary/aromatic N) is 2. The summed E-state index contributed by atoms with van der Waals surface area (Å²) in [4.78, 5) is 12.1. The fraction of sp³-hybridized carbons (Fsp3) is 0.286. The second-order valence-electron chi connectivity index (χ2n) is 4.11. The molecule has 5 nitrogen and oxygen atoms in total. The monoisotopic (exact) mass is 325 g/mol. The first kappa shape index (κ1) is 15.7. The number of nitrogen functional groups attached to an aromatic ring is 1. The average Bonchev–Trinajstić information content (AvgIpc) is 2.76. The highest BCUT2D eigenvalue weighted by atomic mass is 35.5. The summed E-state index contributed by atoms with van der Waals surface area (Å²) in [5.41, 5.74) is 7.10. The molecule has 0 bridgehead atoms. The lowest BCUT2D eigenvalue weighted by atomic mass is 10.3. The molecule has 21 heavy (non-hydrogen) atoms. The molecule has 0 saturated heterocycles. The lowest BCUT2D eigenvalue weighted by molar-refractivity contribution is 0.0523. The maximum Gasteiger partial charge on any atom is 0.344 e. The van der Waals surface area contributed by atoms with Gasteiger partial charge in [0.05, 0.1) is 12.3 Å². The fourth-order valence-corrected chi connectivity index (χ4v) is 2.78. The van der Waals surface area contributed by atoms with Crippen molar-refractivity contribution in [2.75, 3.05) is 18.1 Å². The van der Waals surface area contributed by atoms with Crippen LogP contribution in [0.5, 0.6) is 0 Å². The molecule has 1 heterocycles. The number of carbonyl (C=O) groups excluding carboxylic acids is 1. The summed E-state index contributed by atoms with van der Waals surface area (Å²) in [6.07, 6.45) is 0. The Morgan fingerprint density at radius 1 is 1.48 bits per heavy atom. The predicted molar refractivity (Wildman–Crippen MR) is 85.3 cm³/mol. The molecule has 0 atom stereocenters. The third kappa shape index (κ3) is 3.33. The minimum atomic E-state index is -0.459. The first-order valence-corrected chi connectivity index (χ1v) is 7.89. The van der Waals surface area contributed by atoms with Crippen LogP contribution in [0.15, 0.2) is 29.3 Å². The minimum Gasteiger partial charge on any atom is -0.462 e. The van der Waals surface area contributed by atoms with Crippen LogP contribution in [-0.4, -0.2) is 28.1 Å². The van der Waals surface area contributed by atoms with Gasteiger partial charge in [0.15, 0.2) is 0 Å². The van der Waals surface area contributed by atoms with Crippen LogP contribution >= 0.6 is 23.4 Å². The topological polar surface area (TPSA) is 70.1 Å². The van der Waals surface area contributed by atoms with E-state index in [1.54, 1.807) is 25.1 Å². The lowest BCUT2D eigenvalue weighted by Gasteiger charge is -2.05. The van der Waals surface area contributed by atoms with Gasteiger partial charge in [0, 0.05) is 5.02 Å². The van der Waals surface area contributed by atoms with Crippen molar-refractivity contribution in [2.45, 2.75) is 18.9 Å². The lowest BCUT2D eigenvalue weighted by Crippen LogP contribution is -2.09. The molecule has 7 heteroatoms. The quantitative estimate of drug-likeness (QED) is 0.674. The number of rotatable bonds is 5. The summed E-state index contributed by atoms with van der Waals surface area (Å²) in [5.74, 6) is 0.573. The van der Waals surface area contributed by atoms with E-state index in [9.17, 15) is 4.79 Å². The van der Waals surface area contributed by atoms with Gasteiger partial charge in [-0.15, -0.1) is 11.8 Å². The molecule has 1 aromatic carbocycles. The average molecular weight is 326 g/mol. The van der Waals surface area contributed by atoms with Crippen LogP contribution in [0.2, 0.25) is 5.02 Å². The highest BCUT2D eigenvalue weighted by Crippen LogP contribution is 2.29. The van der Waals surface area contributed by atoms with Gasteiger partial charge in [0.25, 0.3) is 0 Å². The maximum atomic E-state index is 12.1. The number of hydrogen-bond acceptors (Lipinski definition) is 5. The van der Waals surface area contributed by atoms with Crippen LogP contribution < -0.4 is 5.73 Å². The molecule has 0 spiro atoms. The van der Waals surface area contributed by atoms with E-state index in [4.69, 9.17) is 22.1 Å². The molecule has 0 fully saturated rings. The van der Waals surface area contributed by atoms with Crippen molar-refractivity contribution in [3.05, 3.63) is 34.9 Å². The summed E-state index contributed by atoms with van der Waals surface area (Å²) in [6.45, 7) is 4.02. The molecule has 0 unspecified atom stereocenters. The van der Waals surface area contributed by atoms with Crippen molar-refractivity contribution < 1.29 is 9.53 Å². The van der Waals surface area contributed by atoms with Gasteiger partial charge >= 0.3 is 5.97 Å². The zero-order chi connectivity index (χ0) is 15.4. The molecular formula is C14H16ClN3O2S. The molecule has 0 aliphatic rings. The molecule has 112 valence electrons. The molecule has 2 aromatic rings. The Bertz CT molecular complexity index is 658. The molecule has 0 saturated carbocycles. The highest BCUT2D eigenvalue weighted by Gasteiger charge is 2.24. The maximum absolute atomic E-state index is 12.1. The van der Waals surface area contributed by atoms with E-state index in [1.165, 1.54) is 16.4 Å². The van der Waals surface area contributed by atoms with Gasteiger partial charge in [-0.2, -0.15) is 5.10 Å². The molecule has 2 rings (SSSR count). The number of thioether (sulfide) groups is 1. The van der Waals surface area contributed by atoms with Crippen LogP contribution in [0.1, 0.15) is 24.2 Å². The summed E-state index contributed by atoms with van der Waals surface area (Å²) in [7, 11) is 0. The summed E-state index contributed by atoms with van der Waals surface area (Å²) in [5, 5.41) is 5.55. The summed E-state index contributed by atoms with van der Waals surface area (Å²) < 4.78 is 6.57. The predicted octanol–water partition coefficient (Wildman–Crippen LogP) is 3.40. The standard InChI is InChI=1S/C14H16ClN3O2S/c1-3-20-14(19)11-12(16)18(17-13(11)21-4-2)10-7-5-6-9(15)8-10/h5-8H,3-4,16H2,1-2H3. The van der Waals surface area contributed by atoms with Gasteiger partial charge < -0.3 is 10.5 Å². The van der Waals surface area contributed by atoms with Crippen molar-refractivity contribution in [3.63, 3.8) is 0 Å². The van der Waals surface area contributed by atoms with Crippen molar-refractivity contribution in [1.29, 1.82) is 0 Å². The number of benzene rings is 1. The SMILES string of the molecule is CCOC(=O)c1c(SCC)nn(-c2cccc(Cl)c2)c1N. The van der Waals surface area contributed by atoms with Crippen LogP contribution in [0, 0.1) is 0 Å². The minimum absolute atomic E-state index is 0.256. The van der Waals surface area contributed by atoms with Gasteiger partial charge in [-0.1, -0.05) is 24.6 Å². The summed E-state index contributed by atoms with van der Waals surface area (Å²) in [6, 6.07) is 7.12. The zero-order valence-electron chi connectivity index (χ0n) is 11.8. The number of esters is 1. The van der Waals surface area contributed by atoms with E-state index in [1.807, 2.05) is 13.0 Å². The Morgan fingerprint density at radius 2 is 2.24 bits per heavy atom. The van der Waals surface area contributed by atoms with Crippen molar-refractivity contribution in [1.82, 2.24) is 9.78 Å². The number of nitrogens with two attached hydrogens (primary N) is 1. The number of halogens is 1. The molecule has 0 radical (unpaired) electrons. The van der Waals surface area contributed by atoms with Gasteiger partial charge in [0.2, 0.25) is 0 Å². The molecule has 0 aliphatic heterocycles. The second-order valence-corrected chi connectivity index (χ2v) is 5.80. The third-order valence-corrected chi connectivity index (χ3v) is 3.79. The molecule has 0 aliphatic carbocycles. The molecule has 0 amide bonds. The van der Waals surface area contributed by atoms with Crippen molar-refractivity contribution in [2.24, 2.45) is 0 Å². The van der Waals surface area contributed by atoms with Crippen LogP contribution in [0.3, 0.4) is 0 Å². The van der Waals surface area contributed by atoms with Gasteiger partial charge in [-0.25, -0.2) is 9.48 Å². The number of carbonyl (C=O) groups is 1. The fourth-order valence-electron chi connectivity index (χ4n) is 1.85. The Kier molecular flexibility index (Phi) is 5.14. The van der Waals surface area contributed by atoms with E-state index >= 15 is 0 Å². The second kappa shape index (κ2) is 6.87. The summed E-state index contributed by atoms with van der Waals surface area (Å²) >= 11 is 7.43. The first-order chi connectivity index (χ1) is 10.1. The van der Waals surface area contributed by atoms with E-state index in [2.05, 4.69) is 5.10 Å². The number of aromatic nitrogens is 2. The normalized spacial score (nSPS) is 10.6. The van der Waals surface area contributed by atoms with E-state index in [0.29, 0.717) is 21.3 Å². The third-order valence-electron chi connectivity index (χ3n) is 2.70. The first-order valence-electron chi connectivity index (χ1n) is 6.52. The highest BCUT2D eigenvalue weighted by molar-refractivity contribution is 7.99. The zero-order valence-corrected chi connectivity index (χ0v) is 13.4. The van der Waals surface area contributed by atoms with Crippen LogP contribution in [0.25, 0.3) is 5.69 Å². The largest absolute Gasteiger partial charge is 0.462 e. The van der Waals surface area contributed by atoms with E-state index in [-0.39, 0.29) is 12.4 Å². The van der Waals surface area contributed by atoms with Gasteiger partial charge in [-0.3, -0.25) is 0 Å². The Balaban J connectivity index is 2.53. The van der Waals surface area contributed by atoms with Crippen LogP contribution in [0.4, 0.5) is 5.82 Å². The molecular weight excluding hydrogens is 310 g/mol. The molecule has 1 aromatic heterocycles. The number of anilines is 1. The van der Waals surface area contributed by atoms with Crippen molar-refractivity contribution >= 4 is 35.1 Å². The molecule has 2 N–H and O–H groups in total. The van der Waals surface area contributed by atoms with Gasteiger partial charge in [0.1, 0.15) is 16.4 Å². The Labute approximate surface area is 132 Å². The smallest absolute Gasteiger partial charge is 0.344 e. The van der Waals surface area contributed by atoms with E-state index < -0.39 is 5.97 Å². The Hall–Kier alpha value is -1.66. The van der Waals surface area contributed by atoms with Gasteiger partial charge in [-0.05, 0) is 30.9 Å². The number of hydrogen-bond donors (Lipinski definition) is 1. The Morgan fingerprint density at radius 3 is 2.86 bits per heavy atom. The number of ether oxygens (including phenoxy) is 1. The van der Waals surface area contributed by atoms with Crippen molar-refractivity contribution in [3.8, 4) is 5.69 Å².